The molecular weight excluding hydrogens is 207 g/mol. The molecule has 14 heavy (non-hydrogen) atoms. The Hall–Kier alpha value is -1.55. The number of hydrogen-bond acceptors (Lipinski definition) is 2. The van der Waals surface area contributed by atoms with E-state index in [4.69, 9.17) is 16.7 Å². The summed E-state index contributed by atoms with van der Waals surface area (Å²) in [6.07, 6.45) is 1.23. The Labute approximate surface area is 84.4 Å². The highest BCUT2D eigenvalue weighted by atomic mass is 35.5. The number of aromatic hydroxyl groups is 1. The van der Waals surface area contributed by atoms with Gasteiger partial charge in [0.25, 0.3) is 0 Å². The van der Waals surface area contributed by atoms with E-state index < -0.39 is 0 Å². The zero-order valence-corrected chi connectivity index (χ0v) is 7.74. The maximum Gasteiger partial charge on any atom is 0.174 e. The van der Waals surface area contributed by atoms with Crippen molar-refractivity contribution in [2.24, 2.45) is 0 Å². The molecule has 0 amide bonds. The molecule has 0 radical (unpaired) electrons. The molecule has 1 aromatic carbocycles. The van der Waals surface area contributed by atoms with Gasteiger partial charge in [0.15, 0.2) is 10.9 Å². The topological polar surface area (TPSA) is 38.1 Å². The fourth-order valence-corrected chi connectivity index (χ4v) is 1.28. The highest BCUT2D eigenvalue weighted by Gasteiger charge is 2.08. The number of halogens is 2. The summed E-state index contributed by atoms with van der Waals surface area (Å²) < 4.78 is 13.9. The number of hydrogen-bond donors (Lipinski definition) is 1. The lowest BCUT2D eigenvalue weighted by Gasteiger charge is -2.01. The van der Waals surface area contributed by atoms with Crippen molar-refractivity contribution in [3.8, 4) is 11.4 Å². The third-order valence-electron chi connectivity index (χ3n) is 1.76. The first-order valence-electron chi connectivity index (χ1n) is 3.87. The summed E-state index contributed by atoms with van der Waals surface area (Å²) in [4.78, 5) is 0. The third kappa shape index (κ3) is 1.44. The van der Waals surface area contributed by atoms with Crippen LogP contribution in [0.25, 0.3) is 5.69 Å². The molecule has 3 nitrogen and oxygen atoms in total. The smallest absolute Gasteiger partial charge is 0.174 e. The lowest BCUT2D eigenvalue weighted by Crippen LogP contribution is -1.95. The molecule has 1 aromatic heterocycles. The van der Waals surface area contributed by atoms with Gasteiger partial charge in [-0.25, -0.2) is 9.07 Å². The molecule has 0 saturated heterocycles. The normalized spacial score (nSPS) is 10.4. The number of aromatic nitrogens is 2. The second-order valence-electron chi connectivity index (χ2n) is 2.71. The molecule has 0 saturated carbocycles. The zero-order valence-electron chi connectivity index (χ0n) is 6.98. The van der Waals surface area contributed by atoms with Gasteiger partial charge < -0.3 is 5.11 Å². The fraction of sp³-hybridized carbons (Fsp3) is 0. The molecule has 1 heterocycles. The van der Waals surface area contributed by atoms with E-state index in [9.17, 15) is 4.39 Å². The number of rotatable bonds is 1. The van der Waals surface area contributed by atoms with Gasteiger partial charge in [-0.2, -0.15) is 5.10 Å². The van der Waals surface area contributed by atoms with Gasteiger partial charge in [0.1, 0.15) is 5.82 Å². The van der Waals surface area contributed by atoms with Gasteiger partial charge in [0.05, 0.1) is 11.9 Å². The van der Waals surface area contributed by atoms with Gasteiger partial charge in [-0.15, -0.1) is 0 Å². The number of nitrogens with zero attached hydrogens (tertiary/aromatic N) is 2. The standard InChI is InChI=1S/C9H6ClFN2O/c10-9-8(14)5-12-13(9)7-3-1-6(11)2-4-7/h1-5,14H. The van der Waals surface area contributed by atoms with E-state index in [1.54, 1.807) is 0 Å². The minimum absolute atomic E-state index is 0.101. The van der Waals surface area contributed by atoms with E-state index in [0.29, 0.717) is 5.69 Å². The van der Waals surface area contributed by atoms with Crippen molar-refractivity contribution in [2.45, 2.75) is 0 Å². The van der Waals surface area contributed by atoms with Crippen LogP contribution in [0.4, 0.5) is 4.39 Å². The molecule has 0 aliphatic rings. The van der Waals surface area contributed by atoms with Crippen molar-refractivity contribution < 1.29 is 9.50 Å². The average Bonchev–Trinajstić information content (AvgIpc) is 2.50. The van der Waals surface area contributed by atoms with E-state index in [2.05, 4.69) is 5.10 Å². The van der Waals surface area contributed by atoms with Crippen LogP contribution >= 0.6 is 11.6 Å². The quantitative estimate of drug-likeness (QED) is 0.788. The van der Waals surface area contributed by atoms with Crippen molar-refractivity contribution >= 4 is 11.6 Å². The van der Waals surface area contributed by atoms with Crippen LogP contribution in [-0.4, -0.2) is 14.9 Å². The van der Waals surface area contributed by atoms with Crippen LogP contribution in [0.3, 0.4) is 0 Å². The van der Waals surface area contributed by atoms with E-state index >= 15 is 0 Å². The highest BCUT2D eigenvalue weighted by molar-refractivity contribution is 6.31. The third-order valence-corrected chi connectivity index (χ3v) is 2.12. The van der Waals surface area contributed by atoms with E-state index in [0.717, 1.165) is 0 Å². The molecule has 0 atom stereocenters. The summed E-state index contributed by atoms with van der Waals surface area (Å²) >= 11 is 5.74. The lowest BCUT2D eigenvalue weighted by molar-refractivity contribution is 0.475. The highest BCUT2D eigenvalue weighted by Crippen LogP contribution is 2.24. The molecule has 0 spiro atoms. The summed E-state index contributed by atoms with van der Waals surface area (Å²) in [6, 6.07) is 5.64. The van der Waals surface area contributed by atoms with Gasteiger partial charge in [0.2, 0.25) is 0 Å². The first-order chi connectivity index (χ1) is 6.68. The SMILES string of the molecule is Oc1cnn(-c2ccc(F)cc2)c1Cl. The lowest BCUT2D eigenvalue weighted by atomic mass is 10.3. The van der Waals surface area contributed by atoms with Crippen LogP contribution < -0.4 is 0 Å². The molecule has 0 unspecified atom stereocenters. The molecule has 5 heteroatoms. The summed E-state index contributed by atoms with van der Waals surface area (Å²) in [7, 11) is 0. The van der Waals surface area contributed by atoms with E-state index in [-0.39, 0.29) is 16.7 Å². The van der Waals surface area contributed by atoms with Crippen molar-refractivity contribution in [1.82, 2.24) is 9.78 Å². The van der Waals surface area contributed by atoms with E-state index in [1.807, 2.05) is 0 Å². The zero-order chi connectivity index (χ0) is 10.1. The van der Waals surface area contributed by atoms with Crippen molar-refractivity contribution in [2.75, 3.05) is 0 Å². The Morgan fingerprint density at radius 3 is 2.43 bits per heavy atom. The molecule has 2 rings (SSSR count). The minimum Gasteiger partial charge on any atom is -0.504 e. The minimum atomic E-state index is -0.332. The molecule has 1 N–H and O–H groups in total. The molecule has 72 valence electrons. The van der Waals surface area contributed by atoms with Crippen LogP contribution in [0.1, 0.15) is 0 Å². The maximum absolute atomic E-state index is 12.6. The Morgan fingerprint density at radius 1 is 1.29 bits per heavy atom. The van der Waals surface area contributed by atoms with Crippen LogP contribution in [0.2, 0.25) is 5.15 Å². The van der Waals surface area contributed by atoms with Gasteiger partial charge in [-0.1, -0.05) is 11.6 Å². The Kier molecular flexibility index (Phi) is 2.13. The predicted molar refractivity (Wildman–Crippen MR) is 50.2 cm³/mol. The Morgan fingerprint density at radius 2 is 1.93 bits per heavy atom. The monoisotopic (exact) mass is 212 g/mol. The van der Waals surface area contributed by atoms with Gasteiger partial charge in [-0.3, -0.25) is 0 Å². The van der Waals surface area contributed by atoms with E-state index in [1.165, 1.54) is 35.1 Å². The first-order valence-corrected chi connectivity index (χ1v) is 4.24. The summed E-state index contributed by atoms with van der Waals surface area (Å²) in [5.74, 6) is -0.433. The average molecular weight is 213 g/mol. The van der Waals surface area contributed by atoms with Crippen LogP contribution in [0.5, 0.6) is 5.75 Å². The molecule has 2 aromatic rings. The van der Waals surface area contributed by atoms with Crippen LogP contribution in [-0.2, 0) is 0 Å². The molecule has 0 aliphatic heterocycles. The Balaban J connectivity index is 2.49. The summed E-state index contributed by atoms with van der Waals surface area (Å²) in [5.41, 5.74) is 0.594. The molecule has 0 aliphatic carbocycles. The van der Waals surface area contributed by atoms with Gasteiger partial charge in [-0.05, 0) is 24.3 Å². The van der Waals surface area contributed by atoms with Crippen LogP contribution in [0.15, 0.2) is 30.5 Å². The van der Waals surface area contributed by atoms with Gasteiger partial charge in [0, 0.05) is 0 Å². The Bertz CT molecular complexity index is 452. The second kappa shape index (κ2) is 3.31. The van der Waals surface area contributed by atoms with Crippen molar-refractivity contribution in [3.05, 3.63) is 41.4 Å². The summed E-state index contributed by atoms with van der Waals surface area (Å²) in [6.45, 7) is 0. The molecule has 0 fully saturated rings. The largest absolute Gasteiger partial charge is 0.504 e. The second-order valence-corrected chi connectivity index (χ2v) is 3.07. The molecular formula is C9H6ClFN2O. The molecule has 0 bridgehead atoms. The fourth-order valence-electron chi connectivity index (χ4n) is 1.09. The van der Waals surface area contributed by atoms with Crippen LogP contribution in [0, 0.1) is 5.82 Å². The van der Waals surface area contributed by atoms with Crippen molar-refractivity contribution in [3.63, 3.8) is 0 Å². The first kappa shape index (κ1) is 9.02. The number of benzene rings is 1. The summed E-state index contributed by atoms with van der Waals surface area (Å²) in [5, 5.41) is 13.1. The van der Waals surface area contributed by atoms with Gasteiger partial charge >= 0.3 is 0 Å². The van der Waals surface area contributed by atoms with Crippen molar-refractivity contribution in [1.29, 1.82) is 0 Å². The predicted octanol–water partition coefficient (Wildman–Crippen LogP) is 2.37. The maximum atomic E-state index is 12.6.